The highest BCUT2D eigenvalue weighted by molar-refractivity contribution is 5.31. The molecule has 0 radical (unpaired) electrons. The van der Waals surface area contributed by atoms with Gasteiger partial charge < -0.3 is 4.52 Å². The normalized spacial score (nSPS) is 19.3. The van der Waals surface area contributed by atoms with Crippen molar-refractivity contribution in [2.24, 2.45) is 0 Å². The molecule has 0 bridgehead atoms. The van der Waals surface area contributed by atoms with Gasteiger partial charge in [-0.15, -0.1) is 0 Å². The summed E-state index contributed by atoms with van der Waals surface area (Å²) < 4.78 is 5.36. The Bertz CT molecular complexity index is 625. The van der Waals surface area contributed by atoms with Crippen molar-refractivity contribution in [1.29, 1.82) is 0 Å². The molecule has 1 aromatic heterocycles. The molecule has 1 aliphatic heterocycles. The fourth-order valence-electron chi connectivity index (χ4n) is 3.44. The summed E-state index contributed by atoms with van der Waals surface area (Å²) in [6, 6.07) is 7.26. The zero-order valence-corrected chi connectivity index (χ0v) is 13.4. The van der Waals surface area contributed by atoms with E-state index in [4.69, 9.17) is 4.52 Å². The van der Waals surface area contributed by atoms with Crippen LogP contribution in [0.3, 0.4) is 0 Å². The van der Waals surface area contributed by atoms with Crippen LogP contribution in [0.5, 0.6) is 0 Å². The summed E-state index contributed by atoms with van der Waals surface area (Å²) in [5.41, 5.74) is 6.49. The highest BCUT2D eigenvalue weighted by Crippen LogP contribution is 2.36. The van der Waals surface area contributed by atoms with Crippen LogP contribution in [0.2, 0.25) is 0 Å². The number of nitrogens with zero attached hydrogens (tertiary/aromatic N) is 2. The molecule has 1 aromatic carbocycles. The van der Waals surface area contributed by atoms with Crippen LogP contribution in [0.4, 0.5) is 0 Å². The predicted octanol–water partition coefficient (Wildman–Crippen LogP) is 4.25. The van der Waals surface area contributed by atoms with Gasteiger partial charge in [-0.3, -0.25) is 4.90 Å². The van der Waals surface area contributed by atoms with E-state index in [1.54, 1.807) is 0 Å². The Morgan fingerprint density at radius 2 is 2.00 bits per heavy atom. The van der Waals surface area contributed by atoms with Crippen molar-refractivity contribution in [3.05, 3.63) is 51.9 Å². The first kappa shape index (κ1) is 14.3. The van der Waals surface area contributed by atoms with Gasteiger partial charge in [-0.1, -0.05) is 23.4 Å². The first-order valence-corrected chi connectivity index (χ1v) is 7.79. The van der Waals surface area contributed by atoms with E-state index in [0.29, 0.717) is 6.04 Å². The number of hydrogen-bond donors (Lipinski definition) is 0. The summed E-state index contributed by atoms with van der Waals surface area (Å²) in [6.07, 6.45) is 2.45. The van der Waals surface area contributed by atoms with Gasteiger partial charge >= 0.3 is 0 Å². The maximum absolute atomic E-state index is 5.36. The summed E-state index contributed by atoms with van der Waals surface area (Å²) in [5.74, 6) is 0.976. The summed E-state index contributed by atoms with van der Waals surface area (Å²) in [7, 11) is 0. The maximum atomic E-state index is 5.36. The summed E-state index contributed by atoms with van der Waals surface area (Å²) >= 11 is 0. The molecule has 1 saturated heterocycles. The molecule has 2 heterocycles. The van der Waals surface area contributed by atoms with E-state index >= 15 is 0 Å². The van der Waals surface area contributed by atoms with Gasteiger partial charge in [0.15, 0.2) is 0 Å². The van der Waals surface area contributed by atoms with Crippen LogP contribution in [0.15, 0.2) is 22.7 Å². The van der Waals surface area contributed by atoms with Gasteiger partial charge in [-0.05, 0) is 63.8 Å². The highest BCUT2D eigenvalue weighted by Gasteiger charge is 2.30. The van der Waals surface area contributed by atoms with E-state index in [1.807, 2.05) is 6.92 Å². The van der Waals surface area contributed by atoms with Gasteiger partial charge in [-0.2, -0.15) is 0 Å². The minimum Gasteiger partial charge on any atom is -0.361 e. The lowest BCUT2D eigenvalue weighted by molar-refractivity contribution is 0.245. The van der Waals surface area contributed by atoms with Crippen molar-refractivity contribution in [2.45, 2.75) is 53.1 Å². The number of hydrogen-bond acceptors (Lipinski definition) is 3. The molecule has 3 nitrogen and oxygen atoms in total. The molecular weight excluding hydrogens is 260 g/mol. The van der Waals surface area contributed by atoms with Crippen LogP contribution >= 0.6 is 0 Å². The minimum atomic E-state index is 0.456. The van der Waals surface area contributed by atoms with Crippen molar-refractivity contribution in [1.82, 2.24) is 10.1 Å². The van der Waals surface area contributed by atoms with E-state index in [1.165, 1.54) is 35.1 Å². The zero-order valence-electron chi connectivity index (χ0n) is 13.4. The molecular formula is C18H24N2O. The van der Waals surface area contributed by atoms with Crippen LogP contribution in [0, 0.1) is 27.7 Å². The first-order chi connectivity index (χ1) is 10.1. The number of rotatable bonds is 3. The van der Waals surface area contributed by atoms with Crippen molar-refractivity contribution >= 4 is 0 Å². The number of aromatic nitrogens is 1. The molecule has 1 aliphatic rings. The summed E-state index contributed by atoms with van der Waals surface area (Å²) in [4.78, 5) is 2.57. The van der Waals surface area contributed by atoms with E-state index in [-0.39, 0.29) is 0 Å². The Balaban J connectivity index is 1.83. The fourth-order valence-corrected chi connectivity index (χ4v) is 3.44. The van der Waals surface area contributed by atoms with Crippen molar-refractivity contribution in [3.8, 4) is 0 Å². The fraction of sp³-hybridized carbons (Fsp3) is 0.500. The Morgan fingerprint density at radius 3 is 2.67 bits per heavy atom. The Hall–Kier alpha value is -1.61. The molecule has 0 amide bonds. The van der Waals surface area contributed by atoms with Crippen molar-refractivity contribution < 1.29 is 4.52 Å². The number of benzene rings is 1. The van der Waals surface area contributed by atoms with E-state index in [0.717, 1.165) is 24.5 Å². The average molecular weight is 284 g/mol. The smallest absolute Gasteiger partial charge is 0.138 e. The van der Waals surface area contributed by atoms with Crippen molar-refractivity contribution in [2.75, 3.05) is 6.54 Å². The quantitative estimate of drug-likeness (QED) is 0.844. The largest absolute Gasteiger partial charge is 0.361 e. The molecule has 3 heteroatoms. The monoisotopic (exact) mass is 284 g/mol. The molecule has 21 heavy (non-hydrogen) atoms. The molecule has 1 fully saturated rings. The van der Waals surface area contributed by atoms with E-state index in [2.05, 4.69) is 49.0 Å². The third kappa shape index (κ3) is 2.75. The molecule has 2 aromatic rings. The van der Waals surface area contributed by atoms with Crippen LogP contribution < -0.4 is 0 Å². The minimum absolute atomic E-state index is 0.456. The predicted molar refractivity (Wildman–Crippen MR) is 84.3 cm³/mol. The molecule has 0 aliphatic carbocycles. The van der Waals surface area contributed by atoms with Gasteiger partial charge in [0.1, 0.15) is 5.76 Å². The molecule has 0 saturated carbocycles. The van der Waals surface area contributed by atoms with Gasteiger partial charge in [-0.25, -0.2) is 0 Å². The molecule has 1 atom stereocenters. The standard InChI is InChI=1S/C18H24N2O/c1-12-7-8-16(10-13(12)2)11-20-9-5-6-17(20)18-14(3)19-21-15(18)4/h7-8,10,17H,5-6,9,11H2,1-4H3/t17-/m0/s1. The SMILES string of the molecule is Cc1ccc(CN2CCC[C@H]2c2c(C)noc2C)cc1C. The van der Waals surface area contributed by atoms with Crippen LogP contribution in [-0.4, -0.2) is 16.6 Å². The highest BCUT2D eigenvalue weighted by atomic mass is 16.5. The maximum Gasteiger partial charge on any atom is 0.138 e. The molecule has 0 N–H and O–H groups in total. The van der Waals surface area contributed by atoms with Gasteiger partial charge in [0, 0.05) is 18.2 Å². The lowest BCUT2D eigenvalue weighted by Gasteiger charge is -2.24. The van der Waals surface area contributed by atoms with E-state index < -0.39 is 0 Å². The third-order valence-electron chi connectivity index (χ3n) is 4.74. The second kappa shape index (κ2) is 5.64. The van der Waals surface area contributed by atoms with E-state index in [9.17, 15) is 0 Å². The Kier molecular flexibility index (Phi) is 3.85. The molecule has 0 spiro atoms. The molecule has 0 unspecified atom stereocenters. The number of likely N-dealkylation sites (tertiary alicyclic amines) is 1. The lowest BCUT2D eigenvalue weighted by atomic mass is 10.0. The van der Waals surface area contributed by atoms with Gasteiger partial charge in [0.25, 0.3) is 0 Å². The third-order valence-corrected chi connectivity index (χ3v) is 4.74. The second-order valence-corrected chi connectivity index (χ2v) is 6.28. The summed E-state index contributed by atoms with van der Waals surface area (Å²) in [6.45, 7) is 10.6. The topological polar surface area (TPSA) is 29.3 Å². The van der Waals surface area contributed by atoms with Crippen LogP contribution in [0.1, 0.15) is 52.6 Å². The van der Waals surface area contributed by atoms with Gasteiger partial charge in [0.2, 0.25) is 0 Å². The Morgan fingerprint density at radius 1 is 1.19 bits per heavy atom. The second-order valence-electron chi connectivity index (χ2n) is 6.28. The average Bonchev–Trinajstić information content (AvgIpc) is 3.01. The number of aryl methyl sites for hydroxylation is 4. The molecule has 3 rings (SSSR count). The molecule has 112 valence electrons. The van der Waals surface area contributed by atoms with Crippen molar-refractivity contribution in [3.63, 3.8) is 0 Å². The van der Waals surface area contributed by atoms with Crippen LogP contribution in [-0.2, 0) is 6.54 Å². The summed E-state index contributed by atoms with van der Waals surface area (Å²) in [5, 5.41) is 4.13. The van der Waals surface area contributed by atoms with Crippen LogP contribution in [0.25, 0.3) is 0 Å². The first-order valence-electron chi connectivity index (χ1n) is 7.79. The zero-order chi connectivity index (χ0) is 15.0. The van der Waals surface area contributed by atoms with Gasteiger partial charge in [0.05, 0.1) is 5.69 Å². The lowest BCUT2D eigenvalue weighted by Crippen LogP contribution is -2.23. The Labute approximate surface area is 126 Å².